The molecule has 1 fully saturated rings. The van der Waals surface area contributed by atoms with Crippen molar-refractivity contribution in [2.75, 3.05) is 13.1 Å². The third kappa shape index (κ3) is 2.01. The molecule has 1 aliphatic rings. The average molecular weight is 283 g/mol. The lowest BCUT2D eigenvalue weighted by Gasteiger charge is -2.38. The second-order valence-electron chi connectivity index (χ2n) is 5.58. The zero-order valence-corrected chi connectivity index (χ0v) is 12.1. The molecule has 21 heavy (non-hydrogen) atoms. The average Bonchev–Trinajstić information content (AvgIpc) is 2.99. The molecule has 0 aromatic carbocycles. The second-order valence-corrected chi connectivity index (χ2v) is 5.58. The molecule has 0 bridgehead atoms. The van der Waals surface area contributed by atoms with Crippen LogP contribution in [0, 0.1) is 0 Å². The standard InChI is InChI=1S/C14H17N7/c1-19-6-5-15-11(19)9-21-7-10(8-21)12-13-14(20(2)18-12)17-4-3-16-13/h3-6,10H,7-9H2,1-2H3. The fourth-order valence-corrected chi connectivity index (χ4v) is 2.90. The lowest BCUT2D eigenvalue weighted by molar-refractivity contribution is 0.132. The molecule has 0 saturated carbocycles. The maximum Gasteiger partial charge on any atom is 0.176 e. The number of aryl methyl sites for hydroxylation is 2. The number of rotatable bonds is 3. The number of likely N-dealkylation sites (tertiary alicyclic amines) is 1. The Bertz CT molecular complexity index is 782. The van der Waals surface area contributed by atoms with E-state index in [0.29, 0.717) is 5.92 Å². The maximum atomic E-state index is 4.60. The number of hydrogen-bond acceptors (Lipinski definition) is 5. The van der Waals surface area contributed by atoms with E-state index in [0.717, 1.165) is 42.3 Å². The third-order valence-electron chi connectivity index (χ3n) is 4.12. The van der Waals surface area contributed by atoms with Crippen molar-refractivity contribution < 1.29 is 0 Å². The van der Waals surface area contributed by atoms with E-state index in [1.807, 2.05) is 31.2 Å². The highest BCUT2D eigenvalue weighted by Crippen LogP contribution is 2.30. The van der Waals surface area contributed by atoms with Crippen LogP contribution in [0.2, 0.25) is 0 Å². The first-order valence-corrected chi connectivity index (χ1v) is 7.04. The van der Waals surface area contributed by atoms with Crippen LogP contribution >= 0.6 is 0 Å². The van der Waals surface area contributed by atoms with Crippen LogP contribution in [0.25, 0.3) is 11.2 Å². The van der Waals surface area contributed by atoms with Crippen LogP contribution in [-0.4, -0.2) is 47.3 Å². The molecule has 7 heteroatoms. The number of fused-ring (bicyclic) bond motifs is 1. The van der Waals surface area contributed by atoms with E-state index in [1.165, 1.54) is 0 Å². The van der Waals surface area contributed by atoms with Crippen LogP contribution in [0.15, 0.2) is 24.8 Å². The Labute approximate surface area is 122 Å². The van der Waals surface area contributed by atoms with Gasteiger partial charge in [0.1, 0.15) is 11.3 Å². The molecule has 3 aromatic rings. The van der Waals surface area contributed by atoms with Gasteiger partial charge < -0.3 is 4.57 Å². The van der Waals surface area contributed by atoms with Gasteiger partial charge in [0, 0.05) is 57.9 Å². The third-order valence-corrected chi connectivity index (χ3v) is 4.12. The van der Waals surface area contributed by atoms with E-state index in [4.69, 9.17) is 0 Å². The highest BCUT2D eigenvalue weighted by atomic mass is 15.3. The van der Waals surface area contributed by atoms with Gasteiger partial charge in [-0.2, -0.15) is 5.10 Å². The Hall–Kier alpha value is -2.28. The maximum absolute atomic E-state index is 4.60. The Morgan fingerprint density at radius 2 is 1.90 bits per heavy atom. The van der Waals surface area contributed by atoms with Gasteiger partial charge in [-0.05, 0) is 0 Å². The van der Waals surface area contributed by atoms with Crippen molar-refractivity contribution >= 4 is 11.2 Å². The Morgan fingerprint density at radius 1 is 1.10 bits per heavy atom. The van der Waals surface area contributed by atoms with Crippen LogP contribution < -0.4 is 0 Å². The van der Waals surface area contributed by atoms with Crippen LogP contribution in [0.5, 0.6) is 0 Å². The topological polar surface area (TPSA) is 64.7 Å². The van der Waals surface area contributed by atoms with Gasteiger partial charge in [0.2, 0.25) is 0 Å². The van der Waals surface area contributed by atoms with Crippen LogP contribution in [-0.2, 0) is 20.6 Å². The fraction of sp³-hybridized carbons (Fsp3) is 0.429. The molecule has 0 unspecified atom stereocenters. The molecule has 0 spiro atoms. The SMILES string of the molecule is Cn1ccnc1CN1CC(c2nn(C)c3nccnc23)C1. The molecular weight excluding hydrogens is 266 g/mol. The summed E-state index contributed by atoms with van der Waals surface area (Å²) in [4.78, 5) is 15.5. The summed E-state index contributed by atoms with van der Waals surface area (Å²) in [6, 6.07) is 0. The van der Waals surface area contributed by atoms with Crippen LogP contribution in [0.4, 0.5) is 0 Å². The summed E-state index contributed by atoms with van der Waals surface area (Å²) in [5.41, 5.74) is 2.85. The minimum absolute atomic E-state index is 0.436. The fourth-order valence-electron chi connectivity index (χ4n) is 2.90. The quantitative estimate of drug-likeness (QED) is 0.708. The summed E-state index contributed by atoms with van der Waals surface area (Å²) in [7, 11) is 3.95. The van der Waals surface area contributed by atoms with Gasteiger partial charge in [-0.1, -0.05) is 0 Å². The monoisotopic (exact) mass is 283 g/mol. The van der Waals surface area contributed by atoms with Gasteiger partial charge in [-0.3, -0.25) is 4.90 Å². The lowest BCUT2D eigenvalue weighted by Crippen LogP contribution is -2.45. The van der Waals surface area contributed by atoms with Gasteiger partial charge in [-0.15, -0.1) is 0 Å². The molecule has 1 aliphatic heterocycles. The molecule has 0 radical (unpaired) electrons. The van der Waals surface area contributed by atoms with Crippen LogP contribution in [0.3, 0.4) is 0 Å². The summed E-state index contributed by atoms with van der Waals surface area (Å²) in [5, 5.41) is 4.60. The zero-order chi connectivity index (χ0) is 14.4. The zero-order valence-electron chi connectivity index (χ0n) is 12.1. The van der Waals surface area contributed by atoms with E-state index < -0.39 is 0 Å². The van der Waals surface area contributed by atoms with Gasteiger partial charge >= 0.3 is 0 Å². The lowest BCUT2D eigenvalue weighted by atomic mass is 9.96. The van der Waals surface area contributed by atoms with E-state index in [9.17, 15) is 0 Å². The highest BCUT2D eigenvalue weighted by Gasteiger charge is 2.32. The summed E-state index contributed by atoms with van der Waals surface area (Å²) in [6.45, 7) is 2.88. The predicted octanol–water partition coefficient (Wildman–Crippen LogP) is 0.696. The van der Waals surface area contributed by atoms with Crippen molar-refractivity contribution in [2.45, 2.75) is 12.5 Å². The molecule has 0 amide bonds. The number of hydrogen-bond donors (Lipinski definition) is 0. The van der Waals surface area contributed by atoms with E-state index in [1.54, 1.807) is 12.4 Å². The van der Waals surface area contributed by atoms with Crippen molar-refractivity contribution in [2.24, 2.45) is 14.1 Å². The highest BCUT2D eigenvalue weighted by molar-refractivity contribution is 5.73. The molecule has 3 aromatic heterocycles. The smallest absolute Gasteiger partial charge is 0.176 e. The Kier molecular flexibility index (Phi) is 2.75. The predicted molar refractivity (Wildman–Crippen MR) is 77.5 cm³/mol. The molecule has 0 aliphatic carbocycles. The van der Waals surface area contributed by atoms with Crippen molar-refractivity contribution in [1.29, 1.82) is 0 Å². The Balaban J connectivity index is 1.51. The van der Waals surface area contributed by atoms with Gasteiger partial charge in [-0.25, -0.2) is 19.6 Å². The van der Waals surface area contributed by atoms with Gasteiger partial charge in [0.05, 0.1) is 12.2 Å². The van der Waals surface area contributed by atoms with E-state index in [-0.39, 0.29) is 0 Å². The number of imidazole rings is 1. The summed E-state index contributed by atoms with van der Waals surface area (Å²) >= 11 is 0. The first kappa shape index (κ1) is 12.5. The molecule has 4 heterocycles. The summed E-state index contributed by atoms with van der Waals surface area (Å²) in [6.07, 6.45) is 7.27. The van der Waals surface area contributed by atoms with E-state index >= 15 is 0 Å². The molecule has 1 saturated heterocycles. The van der Waals surface area contributed by atoms with Crippen molar-refractivity contribution in [1.82, 2.24) is 34.2 Å². The molecule has 7 nitrogen and oxygen atoms in total. The second kappa shape index (κ2) is 4.63. The number of nitrogens with zero attached hydrogens (tertiary/aromatic N) is 7. The summed E-state index contributed by atoms with van der Waals surface area (Å²) < 4.78 is 3.88. The van der Waals surface area contributed by atoms with Crippen LogP contribution in [0.1, 0.15) is 17.4 Å². The van der Waals surface area contributed by atoms with Crippen molar-refractivity contribution in [3.8, 4) is 0 Å². The first-order valence-electron chi connectivity index (χ1n) is 7.04. The van der Waals surface area contributed by atoms with Gasteiger partial charge in [0.15, 0.2) is 5.65 Å². The Morgan fingerprint density at radius 3 is 2.67 bits per heavy atom. The van der Waals surface area contributed by atoms with Gasteiger partial charge in [0.25, 0.3) is 0 Å². The molecule has 0 atom stereocenters. The molecule has 4 rings (SSSR count). The molecule has 108 valence electrons. The largest absolute Gasteiger partial charge is 0.337 e. The summed E-state index contributed by atoms with van der Waals surface area (Å²) in [5.74, 6) is 1.53. The van der Waals surface area contributed by atoms with Crippen molar-refractivity contribution in [3.05, 3.63) is 36.3 Å². The minimum atomic E-state index is 0.436. The molecular formula is C14H17N7. The van der Waals surface area contributed by atoms with Crippen molar-refractivity contribution in [3.63, 3.8) is 0 Å². The molecule has 0 N–H and O–H groups in total. The first-order chi connectivity index (χ1) is 10.2. The minimum Gasteiger partial charge on any atom is -0.337 e. The number of aromatic nitrogens is 6. The van der Waals surface area contributed by atoms with E-state index in [2.05, 4.69) is 29.5 Å². The normalized spacial score (nSPS) is 16.5.